The van der Waals surface area contributed by atoms with E-state index in [9.17, 15) is 14.7 Å². The summed E-state index contributed by atoms with van der Waals surface area (Å²) < 4.78 is 0. The van der Waals surface area contributed by atoms with Gasteiger partial charge in [-0.3, -0.25) is 4.79 Å². The number of nitrogens with zero attached hydrogens (tertiary/aromatic N) is 2. The second-order valence-corrected chi connectivity index (χ2v) is 9.38. The molecule has 0 radical (unpaired) electrons. The molecule has 5 nitrogen and oxygen atoms in total. The fourth-order valence-electron chi connectivity index (χ4n) is 4.64. The SMILES string of the molecule is CC(C)CN(C(=O)c1ccc(C2CCN(c3cccc(C(=O)O)c3)CC2)cc1)c1ccccc1. The van der Waals surface area contributed by atoms with Crippen molar-refractivity contribution in [1.82, 2.24) is 0 Å². The standard InChI is InChI=1S/C29H32N2O3/c1-21(2)20-31(26-8-4-3-5-9-26)28(32)24-13-11-22(12-14-24)23-15-17-30(18-16-23)27-10-6-7-25(19-27)29(33)34/h3-14,19,21,23H,15-18,20H2,1-2H3,(H,33,34). The van der Waals surface area contributed by atoms with Gasteiger partial charge in [-0.15, -0.1) is 0 Å². The first-order valence-corrected chi connectivity index (χ1v) is 12.0. The molecule has 0 aliphatic carbocycles. The maximum absolute atomic E-state index is 13.3. The molecule has 1 saturated heterocycles. The number of rotatable bonds is 7. The van der Waals surface area contributed by atoms with E-state index >= 15 is 0 Å². The fraction of sp³-hybridized carbons (Fsp3) is 0.310. The molecule has 0 bridgehead atoms. The number of benzene rings is 3. The van der Waals surface area contributed by atoms with Gasteiger partial charge in [-0.05, 0) is 72.7 Å². The van der Waals surface area contributed by atoms with Gasteiger partial charge in [-0.2, -0.15) is 0 Å². The molecule has 5 heteroatoms. The minimum Gasteiger partial charge on any atom is -0.478 e. The van der Waals surface area contributed by atoms with Crippen LogP contribution in [0.3, 0.4) is 0 Å². The lowest BCUT2D eigenvalue weighted by Crippen LogP contribution is -2.34. The van der Waals surface area contributed by atoms with Crippen molar-refractivity contribution in [1.29, 1.82) is 0 Å². The summed E-state index contributed by atoms with van der Waals surface area (Å²) >= 11 is 0. The van der Waals surface area contributed by atoms with Gasteiger partial charge in [-0.25, -0.2) is 4.79 Å². The third-order valence-corrected chi connectivity index (χ3v) is 6.44. The molecule has 0 aromatic heterocycles. The highest BCUT2D eigenvalue weighted by Gasteiger charge is 2.23. The van der Waals surface area contributed by atoms with Gasteiger partial charge in [0.25, 0.3) is 5.91 Å². The van der Waals surface area contributed by atoms with Crippen LogP contribution in [0.1, 0.15) is 58.9 Å². The Morgan fingerprint density at radius 2 is 1.59 bits per heavy atom. The van der Waals surface area contributed by atoms with E-state index in [1.807, 2.05) is 53.4 Å². The molecule has 3 aromatic carbocycles. The molecular weight excluding hydrogens is 424 g/mol. The van der Waals surface area contributed by atoms with Gasteiger partial charge in [0, 0.05) is 36.6 Å². The Bertz CT molecular complexity index is 1120. The number of carbonyl (C=O) groups is 2. The number of amides is 1. The molecule has 1 heterocycles. The number of carboxylic acid groups (broad SMARTS) is 1. The Hall–Kier alpha value is -3.60. The Morgan fingerprint density at radius 1 is 0.912 bits per heavy atom. The summed E-state index contributed by atoms with van der Waals surface area (Å²) in [6, 6.07) is 25.1. The predicted octanol–water partition coefficient (Wildman–Crippen LogP) is 6.07. The molecule has 1 aliphatic heterocycles. The molecular formula is C29H32N2O3. The molecule has 4 rings (SSSR count). The fourth-order valence-corrected chi connectivity index (χ4v) is 4.64. The van der Waals surface area contributed by atoms with Crippen molar-refractivity contribution in [2.45, 2.75) is 32.6 Å². The van der Waals surface area contributed by atoms with Gasteiger partial charge in [0.05, 0.1) is 5.56 Å². The van der Waals surface area contributed by atoms with Crippen molar-refractivity contribution in [2.75, 3.05) is 29.4 Å². The summed E-state index contributed by atoms with van der Waals surface area (Å²) in [7, 11) is 0. The Morgan fingerprint density at radius 3 is 2.21 bits per heavy atom. The minimum atomic E-state index is -0.898. The van der Waals surface area contributed by atoms with Crippen molar-refractivity contribution < 1.29 is 14.7 Å². The summed E-state index contributed by atoms with van der Waals surface area (Å²) in [5, 5.41) is 9.26. The smallest absolute Gasteiger partial charge is 0.335 e. The van der Waals surface area contributed by atoms with Crippen LogP contribution in [0.2, 0.25) is 0 Å². The third-order valence-electron chi connectivity index (χ3n) is 6.44. The van der Waals surface area contributed by atoms with Gasteiger partial charge in [0.2, 0.25) is 0 Å². The summed E-state index contributed by atoms with van der Waals surface area (Å²) in [6.07, 6.45) is 1.99. The van der Waals surface area contributed by atoms with Crippen molar-refractivity contribution in [3.63, 3.8) is 0 Å². The second kappa shape index (κ2) is 10.6. The van der Waals surface area contributed by atoms with Crippen LogP contribution in [-0.2, 0) is 0 Å². The van der Waals surface area contributed by atoms with Crippen LogP contribution < -0.4 is 9.80 Å². The average molecular weight is 457 g/mol. The van der Waals surface area contributed by atoms with Crippen LogP contribution in [0.4, 0.5) is 11.4 Å². The second-order valence-electron chi connectivity index (χ2n) is 9.38. The normalized spacial score (nSPS) is 14.3. The summed E-state index contributed by atoms with van der Waals surface area (Å²) in [5.74, 6) is -0.0704. The highest BCUT2D eigenvalue weighted by Crippen LogP contribution is 2.31. The quantitative estimate of drug-likeness (QED) is 0.469. The Balaban J connectivity index is 1.42. The van der Waals surface area contributed by atoms with Crippen molar-refractivity contribution in [2.24, 2.45) is 5.92 Å². The van der Waals surface area contributed by atoms with E-state index in [4.69, 9.17) is 0 Å². The molecule has 1 aliphatic rings. The van der Waals surface area contributed by atoms with Gasteiger partial charge < -0.3 is 14.9 Å². The summed E-state index contributed by atoms with van der Waals surface area (Å²) in [6.45, 7) is 6.68. The van der Waals surface area contributed by atoms with Gasteiger partial charge in [-0.1, -0.05) is 50.2 Å². The first kappa shape index (κ1) is 23.6. The van der Waals surface area contributed by atoms with E-state index in [1.54, 1.807) is 18.2 Å². The number of carboxylic acids is 1. The molecule has 34 heavy (non-hydrogen) atoms. The number of carbonyl (C=O) groups excluding carboxylic acids is 1. The van der Waals surface area contributed by atoms with E-state index in [2.05, 4.69) is 30.9 Å². The van der Waals surface area contributed by atoms with Crippen LogP contribution in [0.15, 0.2) is 78.9 Å². The maximum atomic E-state index is 13.3. The Labute approximate surface area is 201 Å². The van der Waals surface area contributed by atoms with E-state index in [0.717, 1.165) is 37.3 Å². The first-order valence-electron chi connectivity index (χ1n) is 12.0. The number of para-hydroxylation sites is 1. The number of hydrogen-bond acceptors (Lipinski definition) is 3. The highest BCUT2D eigenvalue weighted by molar-refractivity contribution is 6.06. The topological polar surface area (TPSA) is 60.9 Å². The van der Waals surface area contributed by atoms with E-state index < -0.39 is 5.97 Å². The number of piperidine rings is 1. The van der Waals surface area contributed by atoms with Crippen LogP contribution in [0.25, 0.3) is 0 Å². The highest BCUT2D eigenvalue weighted by atomic mass is 16.4. The lowest BCUT2D eigenvalue weighted by molar-refractivity contribution is 0.0696. The molecule has 0 saturated carbocycles. The molecule has 1 N–H and O–H groups in total. The van der Waals surface area contributed by atoms with Crippen molar-refractivity contribution in [3.8, 4) is 0 Å². The number of aromatic carboxylic acids is 1. The molecule has 1 fully saturated rings. The third kappa shape index (κ3) is 5.48. The van der Waals surface area contributed by atoms with E-state index in [0.29, 0.717) is 29.5 Å². The van der Waals surface area contributed by atoms with Gasteiger partial charge >= 0.3 is 5.97 Å². The average Bonchev–Trinajstić information content (AvgIpc) is 2.87. The molecule has 0 unspecified atom stereocenters. The number of hydrogen-bond donors (Lipinski definition) is 1. The predicted molar refractivity (Wildman–Crippen MR) is 137 cm³/mol. The first-order chi connectivity index (χ1) is 16.4. The Kier molecular flexibility index (Phi) is 7.31. The van der Waals surface area contributed by atoms with Crippen LogP contribution in [-0.4, -0.2) is 36.6 Å². The molecule has 176 valence electrons. The zero-order valence-corrected chi connectivity index (χ0v) is 19.9. The zero-order valence-electron chi connectivity index (χ0n) is 19.9. The van der Waals surface area contributed by atoms with Crippen LogP contribution in [0.5, 0.6) is 0 Å². The molecule has 0 spiro atoms. The monoisotopic (exact) mass is 456 g/mol. The van der Waals surface area contributed by atoms with Gasteiger partial charge in [0.1, 0.15) is 0 Å². The van der Waals surface area contributed by atoms with E-state index in [-0.39, 0.29) is 5.91 Å². The summed E-state index contributed by atoms with van der Waals surface area (Å²) in [5.41, 5.74) is 4.17. The van der Waals surface area contributed by atoms with Crippen molar-refractivity contribution >= 4 is 23.3 Å². The van der Waals surface area contributed by atoms with Crippen LogP contribution in [0, 0.1) is 5.92 Å². The zero-order chi connectivity index (χ0) is 24.1. The lowest BCUT2D eigenvalue weighted by atomic mass is 9.88. The maximum Gasteiger partial charge on any atom is 0.335 e. The van der Waals surface area contributed by atoms with Gasteiger partial charge in [0.15, 0.2) is 0 Å². The minimum absolute atomic E-state index is 0.0274. The van der Waals surface area contributed by atoms with E-state index in [1.165, 1.54) is 5.56 Å². The molecule has 3 aromatic rings. The summed E-state index contributed by atoms with van der Waals surface area (Å²) in [4.78, 5) is 28.7. The largest absolute Gasteiger partial charge is 0.478 e. The lowest BCUT2D eigenvalue weighted by Gasteiger charge is -2.34. The van der Waals surface area contributed by atoms with Crippen molar-refractivity contribution in [3.05, 3.63) is 95.6 Å². The molecule has 0 atom stereocenters. The molecule has 1 amide bonds. The van der Waals surface area contributed by atoms with Crippen LogP contribution >= 0.6 is 0 Å². The number of anilines is 2.